The summed E-state index contributed by atoms with van der Waals surface area (Å²) in [5, 5.41) is 0. The normalized spacial score (nSPS) is 10.4. The molecule has 2 rings (SSSR count). The van der Waals surface area contributed by atoms with Crippen LogP contribution in [-0.4, -0.2) is 6.54 Å². The van der Waals surface area contributed by atoms with Crippen molar-refractivity contribution in [1.29, 1.82) is 0 Å². The summed E-state index contributed by atoms with van der Waals surface area (Å²) < 4.78 is 13.5. The number of anilines is 3. The molecule has 0 bridgehead atoms. The lowest BCUT2D eigenvalue weighted by Gasteiger charge is -2.25. The van der Waals surface area contributed by atoms with Crippen molar-refractivity contribution < 1.29 is 4.39 Å². The highest BCUT2D eigenvalue weighted by atomic mass is 19.1. The molecule has 3 heteroatoms. The van der Waals surface area contributed by atoms with E-state index in [9.17, 15) is 4.39 Å². The van der Waals surface area contributed by atoms with Crippen LogP contribution in [0.1, 0.15) is 19.8 Å². The lowest BCUT2D eigenvalue weighted by molar-refractivity contribution is 0.628. The number of unbranched alkanes of at least 4 members (excludes halogenated alkanes) is 1. The molecular formula is C16H19FN2. The first kappa shape index (κ1) is 13.4. The Kier molecular flexibility index (Phi) is 4.39. The fourth-order valence-corrected chi connectivity index (χ4v) is 2.08. The van der Waals surface area contributed by atoms with Crippen molar-refractivity contribution in [1.82, 2.24) is 0 Å². The van der Waals surface area contributed by atoms with E-state index in [1.165, 1.54) is 12.1 Å². The highest BCUT2D eigenvalue weighted by Gasteiger charge is 2.10. The molecule has 2 nitrogen and oxygen atoms in total. The van der Waals surface area contributed by atoms with Gasteiger partial charge >= 0.3 is 0 Å². The quantitative estimate of drug-likeness (QED) is 0.808. The summed E-state index contributed by atoms with van der Waals surface area (Å²) in [7, 11) is 0. The van der Waals surface area contributed by atoms with Crippen LogP contribution in [0.25, 0.3) is 0 Å². The lowest BCUT2D eigenvalue weighted by Crippen LogP contribution is -2.18. The highest BCUT2D eigenvalue weighted by Crippen LogP contribution is 2.28. The first-order valence-electron chi connectivity index (χ1n) is 6.59. The largest absolute Gasteiger partial charge is 0.399 e. The van der Waals surface area contributed by atoms with Gasteiger partial charge in [0.25, 0.3) is 0 Å². The number of rotatable bonds is 5. The second-order valence-corrected chi connectivity index (χ2v) is 4.58. The van der Waals surface area contributed by atoms with Gasteiger partial charge in [0.15, 0.2) is 0 Å². The summed E-state index contributed by atoms with van der Waals surface area (Å²) in [5.74, 6) is -0.299. The Labute approximate surface area is 113 Å². The summed E-state index contributed by atoms with van der Waals surface area (Å²) in [6.45, 7) is 2.99. The average Bonchev–Trinajstić information content (AvgIpc) is 2.39. The van der Waals surface area contributed by atoms with E-state index in [1.807, 2.05) is 36.4 Å². The van der Waals surface area contributed by atoms with E-state index in [0.29, 0.717) is 5.69 Å². The number of halogens is 1. The topological polar surface area (TPSA) is 29.3 Å². The maximum absolute atomic E-state index is 13.5. The smallest absolute Gasteiger partial charge is 0.127 e. The molecule has 0 aliphatic heterocycles. The molecule has 0 atom stereocenters. The lowest BCUT2D eigenvalue weighted by atomic mass is 10.2. The monoisotopic (exact) mass is 258 g/mol. The van der Waals surface area contributed by atoms with Crippen molar-refractivity contribution >= 4 is 17.1 Å². The molecule has 0 saturated heterocycles. The molecule has 0 radical (unpaired) electrons. The van der Waals surface area contributed by atoms with E-state index >= 15 is 0 Å². The minimum Gasteiger partial charge on any atom is -0.399 e. The second kappa shape index (κ2) is 6.23. The van der Waals surface area contributed by atoms with Gasteiger partial charge in [-0.05, 0) is 36.8 Å². The fraction of sp³-hybridized carbons (Fsp3) is 0.250. The summed E-state index contributed by atoms with van der Waals surface area (Å²) in [4.78, 5) is 2.10. The number of para-hydroxylation sites is 1. The van der Waals surface area contributed by atoms with Crippen molar-refractivity contribution in [2.45, 2.75) is 19.8 Å². The van der Waals surface area contributed by atoms with E-state index in [-0.39, 0.29) is 5.82 Å². The Morgan fingerprint density at radius 3 is 2.42 bits per heavy atom. The van der Waals surface area contributed by atoms with Crippen LogP contribution < -0.4 is 10.6 Å². The first-order valence-corrected chi connectivity index (χ1v) is 6.59. The predicted octanol–water partition coefficient (Wildman–Crippen LogP) is 4.35. The Bertz CT molecular complexity index is 505. The maximum atomic E-state index is 13.5. The zero-order valence-electron chi connectivity index (χ0n) is 11.1. The van der Waals surface area contributed by atoms with Crippen LogP contribution >= 0.6 is 0 Å². The Morgan fingerprint density at radius 1 is 1.05 bits per heavy atom. The third-order valence-electron chi connectivity index (χ3n) is 3.02. The molecule has 0 aromatic heterocycles. The third-order valence-corrected chi connectivity index (χ3v) is 3.02. The van der Waals surface area contributed by atoms with Crippen LogP contribution in [0, 0.1) is 5.82 Å². The van der Waals surface area contributed by atoms with Crippen LogP contribution in [0.4, 0.5) is 21.5 Å². The number of hydrogen-bond donors (Lipinski definition) is 1. The van der Waals surface area contributed by atoms with Crippen LogP contribution in [-0.2, 0) is 0 Å². The van der Waals surface area contributed by atoms with Crippen molar-refractivity contribution in [2.75, 3.05) is 17.2 Å². The summed E-state index contributed by atoms with van der Waals surface area (Å²) in [5.41, 5.74) is 8.05. The van der Waals surface area contributed by atoms with Gasteiger partial charge in [-0.2, -0.15) is 0 Å². The number of nitrogens with zero attached hydrogens (tertiary/aromatic N) is 1. The van der Waals surface area contributed by atoms with Crippen molar-refractivity contribution in [3.8, 4) is 0 Å². The first-order chi connectivity index (χ1) is 9.20. The highest BCUT2D eigenvalue weighted by molar-refractivity contribution is 5.66. The van der Waals surface area contributed by atoms with Gasteiger partial charge in [0.2, 0.25) is 0 Å². The zero-order valence-corrected chi connectivity index (χ0v) is 11.1. The summed E-state index contributed by atoms with van der Waals surface area (Å²) >= 11 is 0. The molecule has 100 valence electrons. The average molecular weight is 258 g/mol. The van der Waals surface area contributed by atoms with Crippen LogP contribution in [0.3, 0.4) is 0 Å². The van der Waals surface area contributed by atoms with E-state index in [2.05, 4.69) is 11.8 Å². The molecule has 0 amide bonds. The predicted molar refractivity (Wildman–Crippen MR) is 79.2 cm³/mol. The Morgan fingerprint density at radius 2 is 1.79 bits per heavy atom. The van der Waals surface area contributed by atoms with Crippen molar-refractivity contribution in [3.63, 3.8) is 0 Å². The minimum absolute atomic E-state index is 0.299. The molecule has 0 unspecified atom stereocenters. The van der Waals surface area contributed by atoms with Crippen LogP contribution in [0.2, 0.25) is 0 Å². The Balaban J connectivity index is 2.36. The third kappa shape index (κ3) is 3.47. The van der Waals surface area contributed by atoms with E-state index in [0.717, 1.165) is 30.8 Å². The van der Waals surface area contributed by atoms with Gasteiger partial charge in [0, 0.05) is 23.6 Å². The van der Waals surface area contributed by atoms with E-state index in [1.54, 1.807) is 0 Å². The van der Waals surface area contributed by atoms with E-state index < -0.39 is 0 Å². The van der Waals surface area contributed by atoms with Gasteiger partial charge in [-0.15, -0.1) is 0 Å². The Hall–Kier alpha value is -2.03. The van der Waals surface area contributed by atoms with Gasteiger partial charge in [-0.3, -0.25) is 0 Å². The number of nitrogens with two attached hydrogens (primary N) is 1. The summed E-state index contributed by atoms with van der Waals surface area (Å²) in [6, 6.07) is 14.7. The molecule has 0 fully saturated rings. The molecule has 2 aromatic carbocycles. The second-order valence-electron chi connectivity index (χ2n) is 4.58. The standard InChI is InChI=1S/C16H19FN2/c1-2-3-9-19(15-7-5-4-6-8-15)16-11-13(17)10-14(18)12-16/h4-8,10-12H,2-3,9,18H2,1H3. The summed E-state index contributed by atoms with van der Waals surface area (Å²) in [6.07, 6.45) is 2.14. The zero-order chi connectivity index (χ0) is 13.7. The molecule has 0 heterocycles. The molecule has 0 aliphatic rings. The molecular weight excluding hydrogens is 239 g/mol. The van der Waals surface area contributed by atoms with Gasteiger partial charge in [-0.1, -0.05) is 31.5 Å². The number of benzene rings is 2. The van der Waals surface area contributed by atoms with Gasteiger partial charge in [0.1, 0.15) is 5.82 Å². The van der Waals surface area contributed by atoms with Crippen LogP contribution in [0.15, 0.2) is 48.5 Å². The molecule has 2 aromatic rings. The van der Waals surface area contributed by atoms with Crippen molar-refractivity contribution in [3.05, 3.63) is 54.3 Å². The number of hydrogen-bond acceptors (Lipinski definition) is 2. The van der Waals surface area contributed by atoms with Crippen molar-refractivity contribution in [2.24, 2.45) is 0 Å². The van der Waals surface area contributed by atoms with E-state index in [4.69, 9.17) is 5.73 Å². The molecule has 0 aliphatic carbocycles. The molecule has 19 heavy (non-hydrogen) atoms. The molecule has 0 spiro atoms. The molecule has 2 N–H and O–H groups in total. The minimum atomic E-state index is -0.299. The van der Waals surface area contributed by atoms with Crippen LogP contribution in [0.5, 0.6) is 0 Å². The number of nitrogen functional groups attached to an aromatic ring is 1. The van der Waals surface area contributed by atoms with Gasteiger partial charge < -0.3 is 10.6 Å². The molecule has 0 saturated carbocycles. The fourth-order valence-electron chi connectivity index (χ4n) is 2.08. The SMILES string of the molecule is CCCCN(c1ccccc1)c1cc(N)cc(F)c1. The van der Waals surface area contributed by atoms with Gasteiger partial charge in [-0.25, -0.2) is 4.39 Å². The maximum Gasteiger partial charge on any atom is 0.127 e. The van der Waals surface area contributed by atoms with Gasteiger partial charge in [0.05, 0.1) is 0 Å².